The lowest BCUT2D eigenvalue weighted by atomic mass is 9.97. The molecule has 20 heteroatoms. The van der Waals surface area contributed by atoms with Crippen LogP contribution in [0.4, 0.5) is 11.4 Å². The second kappa shape index (κ2) is 25.0. The van der Waals surface area contributed by atoms with Crippen LogP contribution >= 0.6 is 24.4 Å². The lowest BCUT2D eigenvalue weighted by molar-refractivity contribution is -0.127. The summed E-state index contributed by atoms with van der Waals surface area (Å²) in [7, 11) is 6.51. The first-order valence-electron chi connectivity index (χ1n) is 25.5. The van der Waals surface area contributed by atoms with Crippen molar-refractivity contribution < 1.29 is 28.6 Å². The van der Waals surface area contributed by atoms with Crippen molar-refractivity contribution in [3.63, 3.8) is 0 Å². The summed E-state index contributed by atoms with van der Waals surface area (Å²) in [4.78, 5) is 63.5. The van der Waals surface area contributed by atoms with E-state index >= 15 is 0 Å². The predicted molar refractivity (Wildman–Crippen MR) is 315 cm³/mol. The molecule has 5 heterocycles. The fourth-order valence-electron chi connectivity index (χ4n) is 9.09. The SMILES string of the molecule is CCCN(CCC)C(=O)C1=Cc2ccc(-c3ccc4c(=S)n(Cc5nc(OC)cc(ONC6=Nc7cc(-c8ccc(C=S)c(/C=C\N(C)Cc9nc(OC)cc(OC)n9)c8)ccc7C=C(C=O)C6)n5)ncc4c3)cc2N=C(N)C1. The summed E-state index contributed by atoms with van der Waals surface area (Å²) in [5.74, 6) is 2.82. The number of aromatic nitrogens is 6. The Morgan fingerprint density at radius 1 is 0.747 bits per heavy atom. The molecule has 7 aromatic rings. The standard InChI is InChI=1S/C59H58N12O6S2/c1-7-18-70(19-8-2)58(73)45-25-43-13-10-39(26-48(43)62-50(60)28-45)38-15-16-47-46(24-38)31-61-71(59(47)79)33-53-66-56(76-6)30-57(67-53)77-68-51-22-36(34-72)21-42-12-9-40(27-49(42)63-51)37-11-14-44(35-78)41(23-37)17-20-69(3)32-52-64-54(74-4)29-55(65-52)75-5/h9-17,20-21,23-27,29-31,34-35H,7-8,18-19,22,28,32-33H2,1-6H3,(H2,60,62)(H,63,68)/b20-17-. The highest BCUT2D eigenvalue weighted by atomic mass is 32.1. The number of hydrogen-bond donors (Lipinski definition) is 2. The zero-order valence-electron chi connectivity index (χ0n) is 44.6. The number of amides is 1. The highest BCUT2D eigenvalue weighted by Gasteiger charge is 2.22. The quantitative estimate of drug-likeness (QED) is 0.0413. The lowest BCUT2D eigenvalue weighted by Gasteiger charge is -2.22. The van der Waals surface area contributed by atoms with E-state index in [4.69, 9.17) is 64.3 Å². The molecule has 1 amide bonds. The molecule has 0 spiro atoms. The highest BCUT2D eigenvalue weighted by molar-refractivity contribution is 7.79. The Balaban J connectivity index is 0.908. The molecule has 0 saturated heterocycles. The van der Waals surface area contributed by atoms with Crippen molar-refractivity contribution in [2.75, 3.05) is 41.5 Å². The molecule has 0 saturated carbocycles. The number of nitrogens with two attached hydrogens (primary N) is 1. The normalized spacial score (nSPS) is 12.9. The first-order chi connectivity index (χ1) is 38.4. The molecule has 0 bridgehead atoms. The number of aliphatic imine (C=N–C) groups is 2. The van der Waals surface area contributed by atoms with Gasteiger partial charge in [0.1, 0.15) is 29.1 Å². The summed E-state index contributed by atoms with van der Waals surface area (Å²) in [6.07, 6.45) is 12.4. The molecule has 2 aliphatic heterocycles. The van der Waals surface area contributed by atoms with Crippen LogP contribution in [-0.4, -0.2) is 110 Å². The molecule has 402 valence electrons. The first kappa shape index (κ1) is 54.8. The van der Waals surface area contributed by atoms with Crippen LogP contribution in [-0.2, 0) is 22.7 Å². The van der Waals surface area contributed by atoms with Crippen LogP contribution < -0.4 is 30.3 Å². The molecule has 18 nitrogen and oxygen atoms in total. The molecule has 3 N–H and O–H groups in total. The number of nitrogens with one attached hydrogen (secondary N) is 1. The zero-order valence-corrected chi connectivity index (χ0v) is 46.2. The highest BCUT2D eigenvalue weighted by Crippen LogP contribution is 2.35. The van der Waals surface area contributed by atoms with E-state index in [1.807, 2.05) is 108 Å². The van der Waals surface area contributed by atoms with E-state index in [1.165, 1.54) is 13.2 Å². The smallest absolute Gasteiger partial charge is 0.253 e. The Hall–Kier alpha value is -9.01. The fraction of sp³-hybridized carbons (Fsp3) is 0.237. The van der Waals surface area contributed by atoms with E-state index in [9.17, 15) is 9.59 Å². The average molecular weight is 1100 g/mol. The van der Waals surface area contributed by atoms with E-state index in [2.05, 4.69) is 45.3 Å². The molecule has 0 unspecified atom stereocenters. The van der Waals surface area contributed by atoms with Gasteiger partial charge in [-0.1, -0.05) is 86.8 Å². The fourth-order valence-corrected chi connectivity index (χ4v) is 9.60. The third-order valence-electron chi connectivity index (χ3n) is 13.0. The maximum absolute atomic E-state index is 13.5. The van der Waals surface area contributed by atoms with Crippen molar-refractivity contribution in [2.45, 2.75) is 52.6 Å². The third kappa shape index (κ3) is 13.1. The number of benzene rings is 4. The average Bonchev–Trinajstić information content (AvgIpc) is 3.82. The third-order valence-corrected chi connectivity index (χ3v) is 13.7. The van der Waals surface area contributed by atoms with E-state index in [1.54, 1.807) is 36.5 Å². The summed E-state index contributed by atoms with van der Waals surface area (Å²) in [6.45, 7) is 6.02. The molecular weight excluding hydrogens is 1040 g/mol. The number of amidine groups is 2. The van der Waals surface area contributed by atoms with Gasteiger partial charge in [0.2, 0.25) is 23.5 Å². The van der Waals surface area contributed by atoms with Crippen LogP contribution in [0.25, 0.3) is 51.3 Å². The number of hydrogen-bond acceptors (Lipinski definition) is 18. The van der Waals surface area contributed by atoms with E-state index in [-0.39, 0.29) is 37.1 Å². The van der Waals surface area contributed by atoms with Gasteiger partial charge in [-0.15, -0.1) is 0 Å². The van der Waals surface area contributed by atoms with E-state index < -0.39 is 0 Å². The maximum Gasteiger partial charge on any atom is 0.253 e. The van der Waals surface area contributed by atoms with Crippen molar-refractivity contribution in [3.05, 3.63) is 147 Å². The number of carbonyl (C=O) groups is 2. The van der Waals surface area contributed by atoms with Crippen molar-refractivity contribution >= 4 is 94.0 Å². The van der Waals surface area contributed by atoms with Crippen LogP contribution in [0.5, 0.6) is 23.5 Å². The van der Waals surface area contributed by atoms with Gasteiger partial charge in [-0.05, 0) is 94.9 Å². The molecule has 0 atom stereocenters. The second-order valence-electron chi connectivity index (χ2n) is 18.7. The van der Waals surface area contributed by atoms with Crippen molar-refractivity contribution in [1.29, 1.82) is 0 Å². The zero-order chi connectivity index (χ0) is 55.6. The minimum Gasteiger partial charge on any atom is -0.481 e. The van der Waals surface area contributed by atoms with E-state index in [0.717, 1.165) is 74.4 Å². The maximum atomic E-state index is 13.5. The Kier molecular flexibility index (Phi) is 17.3. The molecule has 2 aliphatic rings. The van der Waals surface area contributed by atoms with Gasteiger partial charge in [0.05, 0.1) is 57.6 Å². The number of hydroxylamine groups is 1. The van der Waals surface area contributed by atoms with Crippen LogP contribution in [0.1, 0.15) is 73.4 Å². The van der Waals surface area contributed by atoms with Crippen molar-refractivity contribution in [3.8, 4) is 45.8 Å². The predicted octanol–water partition coefficient (Wildman–Crippen LogP) is 10.2. The molecule has 0 aliphatic carbocycles. The molecular formula is C59H58N12O6S2. The number of thiocarbonyl (C=S) groups is 1. The van der Waals surface area contributed by atoms with Gasteiger partial charge in [0.15, 0.2) is 11.6 Å². The number of fused-ring (bicyclic) bond motifs is 3. The second-order valence-corrected chi connectivity index (χ2v) is 19.3. The van der Waals surface area contributed by atoms with Crippen LogP contribution in [0.2, 0.25) is 0 Å². The Bertz CT molecular complexity index is 3700. The van der Waals surface area contributed by atoms with Gasteiger partial charge in [0, 0.05) is 71.4 Å². The number of ether oxygens (including phenoxy) is 3. The Morgan fingerprint density at radius 2 is 1.35 bits per heavy atom. The minimum absolute atomic E-state index is 0.00492. The Morgan fingerprint density at radius 3 is 2.03 bits per heavy atom. The van der Waals surface area contributed by atoms with Crippen LogP contribution in [0, 0.1) is 4.64 Å². The molecule has 3 aromatic heterocycles. The van der Waals surface area contributed by atoms with E-state index in [0.29, 0.717) is 81.9 Å². The summed E-state index contributed by atoms with van der Waals surface area (Å²) < 4.78 is 18.3. The largest absolute Gasteiger partial charge is 0.481 e. The molecule has 0 fully saturated rings. The minimum atomic E-state index is -0.00492. The van der Waals surface area contributed by atoms with Crippen molar-refractivity contribution in [2.24, 2.45) is 15.7 Å². The number of methoxy groups -OCH3 is 3. The number of aldehydes is 1. The van der Waals surface area contributed by atoms with Gasteiger partial charge in [-0.2, -0.15) is 25.0 Å². The summed E-state index contributed by atoms with van der Waals surface area (Å²) in [6, 6.07) is 27.1. The molecule has 9 rings (SSSR count). The Labute approximate surface area is 468 Å². The van der Waals surface area contributed by atoms with Gasteiger partial charge in [-0.3, -0.25) is 9.59 Å². The molecule has 0 radical (unpaired) electrons. The number of nitrogens with zero attached hydrogens (tertiary/aromatic N) is 10. The topological polar surface area (TPSA) is 210 Å². The van der Waals surface area contributed by atoms with Gasteiger partial charge < -0.3 is 34.6 Å². The summed E-state index contributed by atoms with van der Waals surface area (Å²) >= 11 is 11.4. The molecule has 79 heavy (non-hydrogen) atoms. The van der Waals surface area contributed by atoms with Crippen LogP contribution in [0.3, 0.4) is 0 Å². The van der Waals surface area contributed by atoms with Gasteiger partial charge in [0.25, 0.3) is 5.88 Å². The summed E-state index contributed by atoms with van der Waals surface area (Å²) in [5, 5.41) is 7.99. The molecule has 4 aromatic carbocycles. The lowest BCUT2D eigenvalue weighted by Crippen LogP contribution is -2.34. The van der Waals surface area contributed by atoms with Gasteiger partial charge in [-0.25, -0.2) is 20.1 Å². The number of rotatable bonds is 20. The summed E-state index contributed by atoms with van der Waals surface area (Å²) in [5.41, 5.74) is 18.8. The number of carbonyl (C=O) groups excluding carboxylic acids is 2. The first-order valence-corrected chi connectivity index (χ1v) is 26.4. The monoisotopic (exact) mass is 1090 g/mol. The van der Waals surface area contributed by atoms with Gasteiger partial charge >= 0.3 is 0 Å². The van der Waals surface area contributed by atoms with Crippen molar-refractivity contribution in [1.82, 2.24) is 45.0 Å². The van der Waals surface area contributed by atoms with Crippen LogP contribution in [0.15, 0.2) is 118 Å².